The molecule has 2 heterocycles. The number of likely N-dealkylation sites (N-methyl/N-ethyl adjacent to an activating group) is 1. The molecule has 0 saturated heterocycles. The predicted molar refractivity (Wildman–Crippen MR) is 82.3 cm³/mol. The lowest BCUT2D eigenvalue weighted by molar-refractivity contribution is -0.120. The van der Waals surface area contributed by atoms with Gasteiger partial charge in [0.05, 0.1) is 18.8 Å². The molecule has 0 aliphatic heterocycles. The highest BCUT2D eigenvalue weighted by molar-refractivity contribution is 5.81. The van der Waals surface area contributed by atoms with Crippen LogP contribution in [0.25, 0.3) is 5.65 Å². The molecule has 0 aliphatic carbocycles. The number of rotatable bonds is 6. The van der Waals surface area contributed by atoms with Crippen molar-refractivity contribution in [3.8, 4) is 0 Å². The summed E-state index contributed by atoms with van der Waals surface area (Å²) in [5, 5.41) is 12.5. The van der Waals surface area contributed by atoms with Gasteiger partial charge in [0.25, 0.3) is 0 Å². The number of aliphatic hydroxyl groups excluding tert-OH is 1. The van der Waals surface area contributed by atoms with Gasteiger partial charge in [0, 0.05) is 18.8 Å². The standard InChI is InChI=1S/C15H22N4O2/c1-4-18(9-14(21)16-11(2)3)15-12(10-20)19-8-6-5-7-13(19)17-15/h5-8,11,20H,4,9-10H2,1-3H3,(H,16,21). The molecule has 0 spiro atoms. The van der Waals surface area contributed by atoms with Crippen molar-refractivity contribution in [2.45, 2.75) is 33.4 Å². The van der Waals surface area contributed by atoms with Crippen LogP contribution in [0, 0.1) is 0 Å². The summed E-state index contributed by atoms with van der Waals surface area (Å²) >= 11 is 0. The number of hydrogen-bond donors (Lipinski definition) is 2. The second-order valence-electron chi connectivity index (χ2n) is 5.21. The predicted octanol–water partition coefficient (Wildman–Crippen LogP) is 1.18. The van der Waals surface area contributed by atoms with E-state index in [0.29, 0.717) is 18.1 Å². The monoisotopic (exact) mass is 290 g/mol. The van der Waals surface area contributed by atoms with E-state index >= 15 is 0 Å². The van der Waals surface area contributed by atoms with Gasteiger partial charge < -0.3 is 15.3 Å². The van der Waals surface area contributed by atoms with Crippen LogP contribution in [0.1, 0.15) is 26.5 Å². The fourth-order valence-corrected chi connectivity index (χ4v) is 2.31. The molecule has 6 nitrogen and oxygen atoms in total. The molecule has 0 unspecified atom stereocenters. The number of fused-ring (bicyclic) bond motifs is 1. The Balaban J connectivity index is 2.31. The highest BCUT2D eigenvalue weighted by Gasteiger charge is 2.19. The van der Waals surface area contributed by atoms with Gasteiger partial charge in [-0.1, -0.05) is 6.07 Å². The molecule has 1 amide bonds. The zero-order valence-electron chi connectivity index (χ0n) is 12.7. The third-order valence-corrected chi connectivity index (χ3v) is 3.22. The Hall–Kier alpha value is -2.08. The van der Waals surface area contributed by atoms with E-state index in [4.69, 9.17) is 0 Å². The minimum atomic E-state index is -0.122. The van der Waals surface area contributed by atoms with Gasteiger partial charge in [-0.2, -0.15) is 0 Å². The number of amides is 1. The molecule has 2 aromatic heterocycles. The van der Waals surface area contributed by atoms with Crippen LogP contribution >= 0.6 is 0 Å². The van der Waals surface area contributed by atoms with Crippen LogP contribution < -0.4 is 10.2 Å². The Morgan fingerprint density at radius 2 is 2.24 bits per heavy atom. The van der Waals surface area contributed by atoms with Gasteiger partial charge >= 0.3 is 0 Å². The number of imidazole rings is 1. The maximum Gasteiger partial charge on any atom is 0.239 e. The summed E-state index contributed by atoms with van der Waals surface area (Å²) in [6.45, 7) is 6.57. The van der Waals surface area contributed by atoms with E-state index in [2.05, 4.69) is 10.3 Å². The van der Waals surface area contributed by atoms with Crippen molar-refractivity contribution < 1.29 is 9.90 Å². The van der Waals surface area contributed by atoms with E-state index in [9.17, 15) is 9.90 Å². The Bertz CT molecular complexity index is 621. The van der Waals surface area contributed by atoms with Crippen molar-refractivity contribution in [1.82, 2.24) is 14.7 Å². The van der Waals surface area contributed by atoms with Crippen LogP contribution in [-0.2, 0) is 11.4 Å². The van der Waals surface area contributed by atoms with Gasteiger partial charge in [-0.05, 0) is 32.9 Å². The quantitative estimate of drug-likeness (QED) is 0.838. The molecule has 2 rings (SSSR count). The fraction of sp³-hybridized carbons (Fsp3) is 0.467. The van der Waals surface area contributed by atoms with Crippen LogP contribution in [0.15, 0.2) is 24.4 Å². The summed E-state index contributed by atoms with van der Waals surface area (Å²) < 4.78 is 1.85. The summed E-state index contributed by atoms with van der Waals surface area (Å²) in [6.07, 6.45) is 1.86. The molecular weight excluding hydrogens is 268 g/mol. The van der Waals surface area contributed by atoms with Crippen molar-refractivity contribution >= 4 is 17.4 Å². The molecular formula is C15H22N4O2. The van der Waals surface area contributed by atoms with Crippen molar-refractivity contribution in [3.63, 3.8) is 0 Å². The van der Waals surface area contributed by atoms with Crippen LogP contribution in [0.5, 0.6) is 0 Å². The number of nitrogens with zero attached hydrogens (tertiary/aromatic N) is 3. The fourth-order valence-electron chi connectivity index (χ4n) is 2.31. The number of nitrogens with one attached hydrogen (secondary N) is 1. The van der Waals surface area contributed by atoms with Gasteiger partial charge in [0.2, 0.25) is 5.91 Å². The van der Waals surface area contributed by atoms with Crippen molar-refractivity contribution in [2.75, 3.05) is 18.0 Å². The lowest BCUT2D eigenvalue weighted by Crippen LogP contribution is -2.40. The lowest BCUT2D eigenvalue weighted by atomic mass is 10.3. The molecule has 6 heteroatoms. The van der Waals surface area contributed by atoms with Gasteiger partial charge in [-0.25, -0.2) is 4.98 Å². The van der Waals surface area contributed by atoms with Gasteiger partial charge in [0.1, 0.15) is 5.65 Å². The van der Waals surface area contributed by atoms with E-state index in [1.54, 1.807) is 0 Å². The molecule has 0 aliphatic rings. The minimum absolute atomic E-state index is 0.0483. The smallest absolute Gasteiger partial charge is 0.239 e. The highest BCUT2D eigenvalue weighted by Crippen LogP contribution is 2.21. The van der Waals surface area contributed by atoms with Crippen LogP contribution in [0.4, 0.5) is 5.82 Å². The molecule has 114 valence electrons. The first-order chi connectivity index (χ1) is 10.1. The molecule has 0 atom stereocenters. The zero-order valence-corrected chi connectivity index (χ0v) is 12.7. The number of aliphatic hydroxyl groups is 1. The van der Waals surface area contributed by atoms with Crippen molar-refractivity contribution in [1.29, 1.82) is 0 Å². The number of carbonyl (C=O) groups excluding carboxylic acids is 1. The average Bonchev–Trinajstić information content (AvgIpc) is 2.82. The van der Waals surface area contributed by atoms with E-state index in [-0.39, 0.29) is 25.1 Å². The van der Waals surface area contributed by atoms with E-state index in [1.165, 1.54) is 0 Å². The number of hydrogen-bond acceptors (Lipinski definition) is 4. The first kappa shape index (κ1) is 15.3. The van der Waals surface area contributed by atoms with E-state index in [0.717, 1.165) is 5.65 Å². The Morgan fingerprint density at radius 3 is 2.86 bits per heavy atom. The first-order valence-corrected chi connectivity index (χ1v) is 7.18. The molecule has 0 saturated carbocycles. The van der Waals surface area contributed by atoms with E-state index in [1.807, 2.05) is 54.5 Å². The summed E-state index contributed by atoms with van der Waals surface area (Å²) in [7, 11) is 0. The third-order valence-electron chi connectivity index (χ3n) is 3.22. The zero-order chi connectivity index (χ0) is 15.4. The Kier molecular flexibility index (Phi) is 4.80. The van der Waals surface area contributed by atoms with Gasteiger partial charge in [0.15, 0.2) is 5.82 Å². The molecule has 2 aromatic rings. The molecule has 0 bridgehead atoms. The van der Waals surface area contributed by atoms with Crippen LogP contribution in [0.2, 0.25) is 0 Å². The van der Waals surface area contributed by atoms with Gasteiger partial charge in [-0.15, -0.1) is 0 Å². The van der Waals surface area contributed by atoms with Crippen LogP contribution in [-0.4, -0.2) is 39.5 Å². The lowest BCUT2D eigenvalue weighted by Gasteiger charge is -2.21. The Labute approximate surface area is 124 Å². The normalized spacial score (nSPS) is 11.1. The maximum atomic E-state index is 12.0. The average molecular weight is 290 g/mol. The number of carbonyl (C=O) groups is 1. The first-order valence-electron chi connectivity index (χ1n) is 7.18. The number of aromatic nitrogens is 2. The second-order valence-corrected chi connectivity index (χ2v) is 5.21. The Morgan fingerprint density at radius 1 is 1.48 bits per heavy atom. The highest BCUT2D eigenvalue weighted by atomic mass is 16.3. The molecule has 0 fully saturated rings. The van der Waals surface area contributed by atoms with Gasteiger partial charge in [-0.3, -0.25) is 9.20 Å². The molecule has 0 radical (unpaired) electrons. The number of pyridine rings is 1. The number of anilines is 1. The summed E-state index contributed by atoms with van der Waals surface area (Å²) in [6, 6.07) is 5.77. The summed E-state index contributed by atoms with van der Waals surface area (Å²) in [5.41, 5.74) is 1.46. The summed E-state index contributed by atoms with van der Waals surface area (Å²) in [4.78, 5) is 18.4. The maximum absolute atomic E-state index is 12.0. The van der Waals surface area contributed by atoms with Crippen molar-refractivity contribution in [3.05, 3.63) is 30.1 Å². The summed E-state index contributed by atoms with van der Waals surface area (Å²) in [5.74, 6) is 0.609. The van der Waals surface area contributed by atoms with Crippen LogP contribution in [0.3, 0.4) is 0 Å². The minimum Gasteiger partial charge on any atom is -0.390 e. The topological polar surface area (TPSA) is 69.9 Å². The molecule has 0 aromatic carbocycles. The van der Waals surface area contributed by atoms with Crippen molar-refractivity contribution in [2.24, 2.45) is 0 Å². The molecule has 21 heavy (non-hydrogen) atoms. The molecule has 2 N–H and O–H groups in total. The largest absolute Gasteiger partial charge is 0.390 e. The van der Waals surface area contributed by atoms with E-state index < -0.39 is 0 Å². The third kappa shape index (κ3) is 3.33. The SMILES string of the molecule is CCN(CC(=O)NC(C)C)c1nc2ccccn2c1CO. The second kappa shape index (κ2) is 6.58.